The largest absolute Gasteiger partial charge is 0.494 e. The molecule has 0 amide bonds. The van der Waals surface area contributed by atoms with Gasteiger partial charge < -0.3 is 9.31 Å². The van der Waals surface area contributed by atoms with Crippen molar-refractivity contribution in [2.24, 2.45) is 0 Å². The predicted molar refractivity (Wildman–Crippen MR) is 365 cm³/mol. The number of para-hydroxylation sites is 4. The number of hydrogen-bond acceptors (Lipinski definition) is 4. The molecule has 0 unspecified atom stereocenters. The number of aromatic nitrogens is 4. The van der Waals surface area contributed by atoms with Crippen molar-refractivity contribution in [3.63, 3.8) is 0 Å². The minimum absolute atomic E-state index is 0.400. The van der Waals surface area contributed by atoms with E-state index < -0.39 is 18.3 Å². The van der Waals surface area contributed by atoms with Crippen molar-refractivity contribution in [3.8, 4) is 44.5 Å². The van der Waals surface area contributed by atoms with Crippen molar-refractivity contribution in [2.45, 2.75) is 38.9 Å². The average molecular weight is 1120 g/mol. The molecule has 1 aliphatic heterocycles. The van der Waals surface area contributed by atoms with Crippen molar-refractivity contribution in [1.29, 1.82) is 0 Å². The quantitative estimate of drug-likeness (QED) is 0.127. The number of rotatable bonds is 5. The number of nitrogens with zero attached hydrogens (tertiary/aromatic N) is 4. The fourth-order valence-electron chi connectivity index (χ4n) is 13.4. The van der Waals surface area contributed by atoms with E-state index >= 15 is 0 Å². The molecule has 18 rings (SSSR count). The number of imidazole rings is 2. The predicted octanol–water partition coefficient (Wildman–Crippen LogP) is 20.0. The van der Waals surface area contributed by atoms with Crippen LogP contribution in [0.4, 0.5) is 0 Å². The highest BCUT2D eigenvalue weighted by molar-refractivity contribution is 6.62. The Kier molecular flexibility index (Phi) is 11.5. The molecule has 0 radical (unpaired) electrons. The summed E-state index contributed by atoms with van der Waals surface area (Å²) in [5.41, 5.74) is 18.3. The van der Waals surface area contributed by atoms with E-state index in [1.54, 1.807) is 0 Å². The third kappa shape index (κ3) is 8.41. The minimum Gasteiger partial charge on any atom is -0.399 e. The van der Waals surface area contributed by atoms with Gasteiger partial charge in [-0.05, 0) is 206 Å². The molecule has 1 fully saturated rings. The third-order valence-corrected chi connectivity index (χ3v) is 18.7. The molecule has 1 saturated heterocycles. The van der Waals surface area contributed by atoms with Gasteiger partial charge >= 0.3 is 7.12 Å². The molecular weight excluding hydrogens is 1060 g/mol. The maximum Gasteiger partial charge on any atom is 0.494 e. The zero-order valence-corrected chi connectivity index (χ0v) is 48.7. The highest BCUT2D eigenvalue weighted by atomic mass is 16.7. The second-order valence-corrected chi connectivity index (χ2v) is 24.4. The van der Waals surface area contributed by atoms with E-state index in [0.717, 1.165) is 66.0 Å². The summed E-state index contributed by atoms with van der Waals surface area (Å²) in [5.74, 6) is 0. The van der Waals surface area contributed by atoms with E-state index in [2.05, 4.69) is 303 Å². The van der Waals surface area contributed by atoms with Crippen LogP contribution >= 0.6 is 0 Å². The summed E-state index contributed by atoms with van der Waals surface area (Å²) in [6, 6.07) is 98.6. The van der Waals surface area contributed by atoms with Crippen LogP contribution < -0.4 is 5.46 Å². The number of hydrogen-bond donors (Lipinski definition) is 0. The first-order valence-corrected chi connectivity index (χ1v) is 30.0. The lowest BCUT2D eigenvalue weighted by Crippen LogP contribution is -2.41. The highest BCUT2D eigenvalue weighted by Gasteiger charge is 2.51. The van der Waals surface area contributed by atoms with Gasteiger partial charge in [0.2, 0.25) is 0 Å². The van der Waals surface area contributed by atoms with Crippen LogP contribution in [0.3, 0.4) is 0 Å². The molecule has 7 heteroatoms. The van der Waals surface area contributed by atoms with Gasteiger partial charge in [-0.3, -0.25) is 8.80 Å². The lowest BCUT2D eigenvalue weighted by molar-refractivity contribution is 0.00578. The summed E-state index contributed by atoms with van der Waals surface area (Å²) in [5, 5.41) is 14.5. The molecule has 5 heterocycles. The fourth-order valence-corrected chi connectivity index (χ4v) is 13.4. The second kappa shape index (κ2) is 19.6. The number of fused-ring (bicyclic) bond motifs is 19. The van der Waals surface area contributed by atoms with E-state index in [4.69, 9.17) is 19.3 Å². The number of benzene rings is 13. The van der Waals surface area contributed by atoms with Gasteiger partial charge in [0.1, 0.15) is 11.3 Å². The van der Waals surface area contributed by atoms with Crippen LogP contribution in [0.5, 0.6) is 0 Å². The average Bonchev–Trinajstić information content (AvgIpc) is 1.71. The summed E-state index contributed by atoms with van der Waals surface area (Å²) in [7, 11) is -0.427. The van der Waals surface area contributed by atoms with Gasteiger partial charge in [0.05, 0.1) is 44.3 Å². The molecule has 0 bridgehead atoms. The van der Waals surface area contributed by atoms with Crippen molar-refractivity contribution in [1.82, 2.24) is 18.8 Å². The van der Waals surface area contributed by atoms with Gasteiger partial charge in [0.15, 0.2) is 0 Å². The zero-order chi connectivity index (χ0) is 58.1. The Hall–Kier alpha value is -10.4. The monoisotopic (exact) mass is 1120 g/mol. The summed E-state index contributed by atoms with van der Waals surface area (Å²) < 4.78 is 17.5. The van der Waals surface area contributed by atoms with Crippen LogP contribution in [-0.2, 0) is 9.31 Å². The second-order valence-electron chi connectivity index (χ2n) is 24.4. The molecule has 13 aromatic carbocycles. The van der Waals surface area contributed by atoms with Gasteiger partial charge in [-0.25, -0.2) is 9.97 Å². The maximum atomic E-state index is 6.45. The Bertz CT molecular complexity index is 5670. The van der Waals surface area contributed by atoms with Crippen molar-refractivity contribution < 1.29 is 9.31 Å². The molecule has 0 saturated carbocycles. The van der Waals surface area contributed by atoms with Crippen LogP contribution in [0, 0.1) is 0 Å². The van der Waals surface area contributed by atoms with Gasteiger partial charge in [0, 0.05) is 21.5 Å². The molecule has 0 atom stereocenters. The molecule has 17 aromatic rings. The molecule has 0 N–H and O–H groups in total. The first-order chi connectivity index (χ1) is 42.6. The normalized spacial score (nSPS) is 14.0. The Morgan fingerprint density at radius 3 is 1.08 bits per heavy atom. The summed E-state index contributed by atoms with van der Waals surface area (Å²) >= 11 is 0. The van der Waals surface area contributed by atoms with Crippen LogP contribution in [0.15, 0.2) is 273 Å². The van der Waals surface area contributed by atoms with Gasteiger partial charge in [-0.15, -0.1) is 0 Å². The number of pyridine rings is 2. The Morgan fingerprint density at radius 2 is 0.609 bits per heavy atom. The smallest absolute Gasteiger partial charge is 0.399 e. The molecule has 412 valence electrons. The first-order valence-electron chi connectivity index (χ1n) is 30.0. The van der Waals surface area contributed by atoms with Gasteiger partial charge in [-0.1, -0.05) is 188 Å². The molecule has 0 spiro atoms. The van der Waals surface area contributed by atoms with E-state index in [1.165, 1.54) is 93.0 Å². The molecule has 6 nitrogen and oxygen atoms in total. The SMILES string of the molecule is CC1(C)OB(c2ccc3c(c2)c2cc(-c4ccc5ccccc5c4)ccc2c2nc4ccccc4n32)OC1(C)C.c1ccc2cc(-c3ccc(-c4ccc5c(c4)c4cc(-c6ccc7ccccc7c6)ccc4c4nc6ccccc6n54)cc3)ccc2c1. The third-order valence-electron chi connectivity index (χ3n) is 18.7. The Labute approximate surface area is 503 Å². The van der Waals surface area contributed by atoms with Crippen LogP contribution in [0.25, 0.3) is 154 Å². The molecular formula is C80H57BN4O2. The summed E-state index contributed by atoms with van der Waals surface area (Å²) in [4.78, 5) is 10.2. The standard InChI is InChI=1S/C45H28N2.C35H29BN2O2/c1-3-9-33-25-35(19-17-29(33)7-1)31-13-15-32(16-14-31)37-22-24-43-41(28-37)40-27-38(36-20-18-30-8-2-4-10-34(30)26-36)21-23-39(40)45-46-42-11-5-6-12-44(42)47(43)45;1-34(2)35(3,4)40-36(39-34)26-16-18-31-29(21-26)28-20-25(24-14-13-22-9-5-6-10-23(22)19-24)15-17-27(28)33-37-30-11-7-8-12-32(30)38(31)33/h1-28H;5-21H,1-4H3. The lowest BCUT2D eigenvalue weighted by atomic mass is 9.78. The summed E-state index contributed by atoms with van der Waals surface area (Å²) in [6.07, 6.45) is 0. The van der Waals surface area contributed by atoms with E-state index in [9.17, 15) is 0 Å². The Morgan fingerprint density at radius 1 is 0.276 bits per heavy atom. The topological polar surface area (TPSA) is 53.1 Å². The zero-order valence-electron chi connectivity index (χ0n) is 48.7. The van der Waals surface area contributed by atoms with Gasteiger partial charge in [0.25, 0.3) is 0 Å². The molecule has 1 aliphatic rings. The van der Waals surface area contributed by atoms with Crippen molar-refractivity contribution in [3.05, 3.63) is 273 Å². The first kappa shape index (κ1) is 51.0. The lowest BCUT2D eigenvalue weighted by Gasteiger charge is -2.32. The fraction of sp³-hybridized carbons (Fsp3) is 0.0750. The molecule has 87 heavy (non-hydrogen) atoms. The van der Waals surface area contributed by atoms with E-state index in [1.807, 2.05) is 6.07 Å². The molecule has 4 aromatic heterocycles. The minimum atomic E-state index is -0.427. The van der Waals surface area contributed by atoms with E-state index in [-0.39, 0.29) is 0 Å². The van der Waals surface area contributed by atoms with Crippen LogP contribution in [0.2, 0.25) is 0 Å². The van der Waals surface area contributed by atoms with Crippen molar-refractivity contribution in [2.75, 3.05) is 0 Å². The van der Waals surface area contributed by atoms with Crippen molar-refractivity contribution >= 4 is 122 Å². The van der Waals surface area contributed by atoms with Gasteiger partial charge in [-0.2, -0.15) is 0 Å². The molecule has 0 aliphatic carbocycles. The van der Waals surface area contributed by atoms with Crippen LogP contribution in [-0.4, -0.2) is 37.1 Å². The highest BCUT2D eigenvalue weighted by Crippen LogP contribution is 2.41. The Balaban J connectivity index is 0.000000137. The maximum absolute atomic E-state index is 6.45. The summed E-state index contributed by atoms with van der Waals surface area (Å²) in [6.45, 7) is 8.39. The van der Waals surface area contributed by atoms with E-state index in [0.29, 0.717) is 0 Å². The van der Waals surface area contributed by atoms with Crippen LogP contribution in [0.1, 0.15) is 27.7 Å².